The Hall–Kier alpha value is -0.828. The maximum atomic E-state index is 9.98. The summed E-state index contributed by atoms with van der Waals surface area (Å²) in [7, 11) is 0. The predicted molar refractivity (Wildman–Crippen MR) is 164 cm³/mol. The van der Waals surface area contributed by atoms with Crippen molar-refractivity contribution in [1.82, 2.24) is 0 Å². The van der Waals surface area contributed by atoms with Gasteiger partial charge in [-0.05, 0) is 0 Å². The van der Waals surface area contributed by atoms with Crippen molar-refractivity contribution in [1.29, 1.82) is 0 Å². The Kier molecular flexibility index (Phi) is 91.0. The van der Waals surface area contributed by atoms with Crippen LogP contribution in [0.2, 0.25) is 0 Å². The Balaban J connectivity index is -0.0000000456. The first-order chi connectivity index (χ1) is 18.9. The van der Waals surface area contributed by atoms with Gasteiger partial charge in [0.15, 0.2) is 17.1 Å². The fraction of sp³-hybridized carbons (Fsp3) is 0.400. The van der Waals surface area contributed by atoms with Crippen LogP contribution in [0.1, 0.15) is 83.1 Å². The standard InChI is InChI=1S/3C6H4NO2.6C2H6.3Y/c3*8-7(9)6-4-2-1-3-5-6;6*1-2;;;/h3*1-4H;6*1-2H3;;;/q3*-1;;;;;;;;;. The van der Waals surface area contributed by atoms with Gasteiger partial charge in [0, 0.05) is 113 Å². The number of nitro groups is 3. The molecule has 0 bridgehead atoms. The number of non-ortho nitro benzene ring substituents is 3. The average Bonchev–Trinajstić information content (AvgIpc) is 3.05. The number of rotatable bonds is 3. The van der Waals surface area contributed by atoms with Gasteiger partial charge in [-0.25, -0.2) is 0 Å². The van der Waals surface area contributed by atoms with Crippen LogP contribution >= 0.6 is 0 Å². The second-order valence-electron chi connectivity index (χ2n) is 4.51. The number of hydrogen-bond donors (Lipinski definition) is 0. The van der Waals surface area contributed by atoms with Crippen molar-refractivity contribution in [2.45, 2.75) is 83.1 Å². The van der Waals surface area contributed by atoms with Crippen molar-refractivity contribution in [2.75, 3.05) is 0 Å². The summed E-state index contributed by atoms with van der Waals surface area (Å²) in [6, 6.07) is 26.0. The third-order valence-corrected chi connectivity index (χ3v) is 2.67. The van der Waals surface area contributed by atoms with E-state index in [1.807, 2.05) is 83.1 Å². The zero-order chi connectivity index (χ0) is 32.1. The largest absolute Gasteiger partial charge is 0.260 e. The number of nitrogens with zero attached hydrogens (tertiary/aromatic N) is 3. The van der Waals surface area contributed by atoms with E-state index < -0.39 is 14.8 Å². The van der Waals surface area contributed by atoms with E-state index >= 15 is 0 Å². The molecule has 0 saturated heterocycles. The molecule has 0 heterocycles. The molecule has 3 rings (SSSR count). The Bertz CT molecular complexity index is 762. The molecule has 42 heavy (non-hydrogen) atoms. The van der Waals surface area contributed by atoms with E-state index in [0.29, 0.717) is 0 Å². The summed E-state index contributed by atoms with van der Waals surface area (Å²) in [5.74, 6) is 0. The molecule has 0 atom stereocenters. The predicted octanol–water partition coefficient (Wildman–Crippen LogP) is 10.3. The number of benzene rings is 3. The van der Waals surface area contributed by atoms with E-state index in [1.165, 1.54) is 36.4 Å². The SMILES string of the molecule is CC.CC.CC.CC.CC.CC.O=[N+]([O-])c1[c-]cccc1.O=[N+]([O-])c1[c-]cccc1.O=[N+]([O-])c1[c-]cccc1.[Y].[Y].[Y]. The molecule has 3 aromatic carbocycles. The van der Waals surface area contributed by atoms with Crippen LogP contribution in [0.15, 0.2) is 72.8 Å². The van der Waals surface area contributed by atoms with E-state index in [-0.39, 0.29) is 115 Å². The third-order valence-electron chi connectivity index (χ3n) is 2.67. The molecule has 9 nitrogen and oxygen atoms in total. The maximum absolute atomic E-state index is 9.98. The van der Waals surface area contributed by atoms with Crippen LogP contribution in [-0.4, -0.2) is 14.8 Å². The topological polar surface area (TPSA) is 129 Å². The quantitative estimate of drug-likeness (QED) is 0.147. The molecule has 0 fully saturated rings. The first kappa shape index (κ1) is 64.2. The van der Waals surface area contributed by atoms with Crippen LogP contribution in [-0.2, 0) is 98.1 Å². The van der Waals surface area contributed by atoms with Gasteiger partial charge in [-0.15, -0.1) is 18.2 Å². The summed E-state index contributed by atoms with van der Waals surface area (Å²) in [5, 5.41) is 29.9. The number of para-hydroxylation sites is 3. The molecular formula is C30H48N3O6Y3-3. The minimum absolute atomic E-state index is 0. The molecule has 3 aromatic rings. The molecule has 0 aliphatic rings. The Morgan fingerprint density at radius 3 is 0.643 bits per heavy atom. The van der Waals surface area contributed by atoms with Crippen LogP contribution in [0, 0.1) is 48.5 Å². The second kappa shape index (κ2) is 59.6. The van der Waals surface area contributed by atoms with Gasteiger partial charge in [0.2, 0.25) is 0 Å². The molecule has 0 unspecified atom stereocenters. The van der Waals surface area contributed by atoms with E-state index in [2.05, 4.69) is 18.2 Å². The summed E-state index contributed by atoms with van der Waals surface area (Å²) < 4.78 is 0. The summed E-state index contributed by atoms with van der Waals surface area (Å²) in [6.07, 6.45) is 0. The van der Waals surface area contributed by atoms with E-state index in [4.69, 9.17) is 0 Å². The van der Waals surface area contributed by atoms with Gasteiger partial charge < -0.3 is 0 Å². The third kappa shape index (κ3) is 46.1. The zero-order valence-corrected chi connectivity index (χ0v) is 36.0. The Morgan fingerprint density at radius 2 is 0.571 bits per heavy atom. The first-order valence-corrected chi connectivity index (χ1v) is 13.2. The van der Waals surface area contributed by atoms with Gasteiger partial charge in [0.25, 0.3) is 0 Å². The van der Waals surface area contributed by atoms with Crippen molar-refractivity contribution in [2.24, 2.45) is 0 Å². The van der Waals surface area contributed by atoms with E-state index in [0.717, 1.165) is 0 Å². The number of nitro benzene ring substituents is 3. The summed E-state index contributed by atoms with van der Waals surface area (Å²) in [5.41, 5.74) is 0.0347. The molecule has 0 amide bonds. The summed E-state index contributed by atoms with van der Waals surface area (Å²) in [6.45, 7) is 24.0. The molecule has 0 saturated carbocycles. The monoisotopic (exact) mass is 813 g/mol. The van der Waals surface area contributed by atoms with Crippen molar-refractivity contribution in [3.8, 4) is 0 Å². The Morgan fingerprint density at radius 1 is 0.405 bits per heavy atom. The molecule has 3 radical (unpaired) electrons. The van der Waals surface area contributed by atoms with Crippen LogP contribution in [0.5, 0.6) is 0 Å². The van der Waals surface area contributed by atoms with Gasteiger partial charge in [-0.3, -0.25) is 30.3 Å². The Labute approximate surface area is 330 Å². The van der Waals surface area contributed by atoms with Crippen LogP contribution in [0.4, 0.5) is 17.1 Å². The van der Waals surface area contributed by atoms with Crippen molar-refractivity contribution in [3.63, 3.8) is 0 Å². The average molecular weight is 813 g/mol. The van der Waals surface area contributed by atoms with E-state index in [1.54, 1.807) is 36.4 Å². The van der Waals surface area contributed by atoms with Crippen molar-refractivity contribution < 1.29 is 113 Å². The normalized spacial score (nSPS) is 6.57. The summed E-state index contributed by atoms with van der Waals surface area (Å²) >= 11 is 0. The fourth-order valence-corrected chi connectivity index (χ4v) is 1.49. The number of hydrogen-bond acceptors (Lipinski definition) is 6. The molecule has 0 spiro atoms. The van der Waals surface area contributed by atoms with Gasteiger partial charge in [0.05, 0.1) is 0 Å². The zero-order valence-electron chi connectivity index (χ0n) is 27.5. The molecule has 0 aliphatic carbocycles. The minimum Gasteiger partial charge on any atom is -0.260 e. The minimum atomic E-state index is -0.472. The molecular weight excluding hydrogens is 765 g/mol. The first-order valence-electron chi connectivity index (χ1n) is 13.2. The van der Waals surface area contributed by atoms with Crippen molar-refractivity contribution in [3.05, 3.63) is 121 Å². The smallest absolute Gasteiger partial charge is 0.162 e. The molecule has 0 aromatic heterocycles. The van der Waals surface area contributed by atoms with Gasteiger partial charge in [0.1, 0.15) is 0 Å². The van der Waals surface area contributed by atoms with Crippen LogP contribution in [0.25, 0.3) is 0 Å². The van der Waals surface area contributed by atoms with Gasteiger partial charge >= 0.3 is 0 Å². The van der Waals surface area contributed by atoms with Crippen LogP contribution < -0.4 is 0 Å². The van der Waals surface area contributed by atoms with E-state index in [9.17, 15) is 30.3 Å². The molecule has 12 heteroatoms. The van der Waals surface area contributed by atoms with Crippen LogP contribution in [0.3, 0.4) is 0 Å². The maximum Gasteiger partial charge on any atom is 0.162 e. The van der Waals surface area contributed by atoms with Gasteiger partial charge in [-0.1, -0.05) is 101 Å². The molecule has 0 aliphatic heterocycles. The van der Waals surface area contributed by atoms with Gasteiger partial charge in [-0.2, -0.15) is 54.6 Å². The molecule has 231 valence electrons. The summed E-state index contributed by atoms with van der Waals surface area (Å²) in [4.78, 5) is 28.5. The fourth-order valence-electron chi connectivity index (χ4n) is 1.49. The molecule has 0 N–H and O–H groups in total. The van der Waals surface area contributed by atoms with Crippen molar-refractivity contribution >= 4 is 17.1 Å². The second-order valence-corrected chi connectivity index (χ2v) is 4.51.